The van der Waals surface area contributed by atoms with Crippen LogP contribution in [0.15, 0.2) is 31.6 Å². The van der Waals surface area contributed by atoms with Crippen molar-refractivity contribution in [3.05, 3.63) is 65.2 Å². The first-order chi connectivity index (χ1) is 18.0. The maximum Gasteiger partial charge on any atom is 0.475 e. The number of nitrogens with one attached hydrogen (secondary N) is 2. The van der Waals surface area contributed by atoms with Gasteiger partial charge in [-0.15, -0.1) is 0 Å². The van der Waals surface area contributed by atoms with E-state index < -0.39 is 86.3 Å². The number of nitrogens with zero attached hydrogens (tertiary/aromatic N) is 2. The van der Waals surface area contributed by atoms with Crippen LogP contribution >= 0.6 is 7.82 Å². The molecule has 3 fully saturated rings. The van der Waals surface area contributed by atoms with Gasteiger partial charge in [0.15, 0.2) is 0 Å². The molecule has 208 valence electrons. The monoisotopic (exact) mass is 558 g/mol. The molecule has 8 atom stereocenters. The van der Waals surface area contributed by atoms with Crippen molar-refractivity contribution in [1.29, 1.82) is 0 Å². The summed E-state index contributed by atoms with van der Waals surface area (Å²) in [5, 5.41) is 20.3. The van der Waals surface area contributed by atoms with Crippen molar-refractivity contribution in [2.24, 2.45) is 5.92 Å². The van der Waals surface area contributed by atoms with E-state index in [1.54, 1.807) is 0 Å². The van der Waals surface area contributed by atoms with Gasteiger partial charge in [-0.1, -0.05) is 0 Å². The highest BCUT2D eigenvalue weighted by Crippen LogP contribution is 2.58. The number of phosphoric acid groups is 1. The summed E-state index contributed by atoms with van der Waals surface area (Å²) >= 11 is 0. The van der Waals surface area contributed by atoms with Gasteiger partial charge in [0.1, 0.15) is 30.8 Å². The first kappa shape index (κ1) is 26.9. The zero-order chi connectivity index (χ0) is 27.4. The van der Waals surface area contributed by atoms with E-state index in [-0.39, 0.29) is 24.2 Å². The summed E-state index contributed by atoms with van der Waals surface area (Å²) in [6.07, 6.45) is -3.29. The quantitative estimate of drug-likeness (QED) is 0.295. The van der Waals surface area contributed by atoms with Crippen molar-refractivity contribution in [2.75, 3.05) is 19.8 Å². The number of hydrogen-bond acceptors (Lipinski definition) is 12. The maximum absolute atomic E-state index is 13.2. The largest absolute Gasteiger partial charge is 0.475 e. The molecule has 0 radical (unpaired) electrons. The lowest BCUT2D eigenvalue weighted by atomic mass is 10.0. The van der Waals surface area contributed by atoms with Crippen LogP contribution in [0.2, 0.25) is 0 Å². The van der Waals surface area contributed by atoms with Crippen molar-refractivity contribution in [2.45, 2.75) is 57.1 Å². The van der Waals surface area contributed by atoms with Crippen molar-refractivity contribution < 1.29 is 37.8 Å². The molecule has 5 heterocycles. The van der Waals surface area contributed by atoms with Gasteiger partial charge >= 0.3 is 19.2 Å². The van der Waals surface area contributed by atoms with E-state index in [1.165, 1.54) is 26.2 Å². The number of ether oxygens (including phenoxy) is 2. The molecule has 17 heteroatoms. The molecule has 0 spiro atoms. The fraction of sp³-hybridized carbons (Fsp3) is 0.619. The SMILES string of the molecule is Cc1cn([C@@H]2O[C@H](CO)[C@H]3O[P@@](=O)(OC[C@H]4O[C@@H](n5cc(C)c(=O)[nH]c5=O)C[C@@H]4O)OC[C@H]32)c(=O)[nH]c1=O. The zero-order valence-corrected chi connectivity index (χ0v) is 21.2. The highest BCUT2D eigenvalue weighted by molar-refractivity contribution is 7.48. The predicted octanol–water partition coefficient (Wildman–Crippen LogP) is -1.60. The fourth-order valence-electron chi connectivity index (χ4n) is 4.74. The standard InChI is InChI=1S/C21H27N4O12P/c1-9-4-24(20(30)22-17(9)28)15-3-12(27)14(35-15)8-34-38(32)33-7-11-16(37-38)13(6-26)36-19(11)25-5-10(2)18(29)23-21(25)31/h4-5,11-16,19,26-27H,3,6-8H2,1-2H3,(H,22,28,30)(H,23,29,31)/t11-,12+,13-,14-,15-,16+,19-,38-/m1/s1. The third-order valence-corrected chi connectivity index (χ3v) is 8.23. The number of rotatable bonds is 6. The van der Waals surface area contributed by atoms with E-state index in [4.69, 9.17) is 23.0 Å². The highest BCUT2D eigenvalue weighted by Gasteiger charge is 2.54. The lowest BCUT2D eigenvalue weighted by molar-refractivity contribution is -0.0642. The van der Waals surface area contributed by atoms with Crippen LogP contribution in [0.4, 0.5) is 0 Å². The summed E-state index contributed by atoms with van der Waals surface area (Å²) in [6, 6.07) is 0. The Morgan fingerprint density at radius 3 is 2.32 bits per heavy atom. The van der Waals surface area contributed by atoms with E-state index in [1.807, 2.05) is 0 Å². The minimum Gasteiger partial charge on any atom is -0.394 e. The van der Waals surface area contributed by atoms with Gasteiger partial charge in [-0.2, -0.15) is 0 Å². The molecule has 2 aromatic heterocycles. The Labute approximate surface area is 213 Å². The molecule has 2 aromatic rings. The number of H-pyrrole nitrogens is 2. The predicted molar refractivity (Wildman–Crippen MR) is 126 cm³/mol. The molecule has 4 N–H and O–H groups in total. The van der Waals surface area contributed by atoms with Crippen molar-refractivity contribution in [1.82, 2.24) is 19.1 Å². The van der Waals surface area contributed by atoms with Crippen LogP contribution in [0.1, 0.15) is 30.0 Å². The molecule has 5 rings (SSSR count). The Hall–Kier alpha value is -2.69. The second-order valence-corrected chi connectivity index (χ2v) is 11.0. The van der Waals surface area contributed by atoms with Crippen molar-refractivity contribution in [3.63, 3.8) is 0 Å². The Morgan fingerprint density at radius 1 is 1.03 bits per heavy atom. The van der Waals surface area contributed by atoms with Crippen LogP contribution in [0, 0.1) is 19.8 Å². The average molecular weight is 558 g/mol. The summed E-state index contributed by atoms with van der Waals surface area (Å²) in [5.74, 6) is -0.672. The molecule has 0 amide bonds. The van der Waals surface area contributed by atoms with E-state index in [0.717, 1.165) is 9.13 Å². The number of aromatic nitrogens is 4. The molecule has 16 nitrogen and oxygen atoms in total. The van der Waals surface area contributed by atoms with Gasteiger partial charge in [0.25, 0.3) is 11.1 Å². The zero-order valence-electron chi connectivity index (χ0n) is 20.3. The van der Waals surface area contributed by atoms with Gasteiger partial charge < -0.3 is 19.7 Å². The number of fused-ring (bicyclic) bond motifs is 1. The second-order valence-electron chi connectivity index (χ2n) is 9.41. The summed E-state index contributed by atoms with van der Waals surface area (Å²) in [7, 11) is -4.22. The van der Waals surface area contributed by atoms with Gasteiger partial charge in [-0.3, -0.25) is 42.3 Å². The first-order valence-corrected chi connectivity index (χ1v) is 13.3. The summed E-state index contributed by atoms with van der Waals surface area (Å²) in [4.78, 5) is 52.2. The molecule has 0 unspecified atom stereocenters. The van der Waals surface area contributed by atoms with Crippen molar-refractivity contribution >= 4 is 7.82 Å². The third-order valence-electron chi connectivity index (χ3n) is 6.80. The highest BCUT2D eigenvalue weighted by atomic mass is 31.2. The van der Waals surface area contributed by atoms with E-state index in [0.29, 0.717) is 0 Å². The van der Waals surface area contributed by atoms with Gasteiger partial charge in [0.05, 0.1) is 31.8 Å². The van der Waals surface area contributed by atoms with E-state index in [2.05, 4.69) is 9.97 Å². The number of aryl methyl sites for hydroxylation is 2. The van der Waals surface area contributed by atoms with E-state index in [9.17, 15) is 34.0 Å². The van der Waals surface area contributed by atoms with Crippen LogP contribution < -0.4 is 22.5 Å². The van der Waals surface area contributed by atoms with Crippen LogP contribution in [0.25, 0.3) is 0 Å². The van der Waals surface area contributed by atoms with Gasteiger partial charge in [0, 0.05) is 29.9 Å². The smallest absolute Gasteiger partial charge is 0.394 e. The number of phosphoric ester groups is 1. The Bertz CT molecular complexity index is 1500. The van der Waals surface area contributed by atoms with Crippen molar-refractivity contribution in [3.8, 4) is 0 Å². The molecule has 0 saturated carbocycles. The molecule has 0 bridgehead atoms. The van der Waals surface area contributed by atoms with Crippen LogP contribution in [-0.2, 0) is 27.6 Å². The Morgan fingerprint density at radius 2 is 1.66 bits per heavy atom. The van der Waals surface area contributed by atoms with Crippen LogP contribution in [-0.4, -0.2) is 73.6 Å². The Balaban J connectivity index is 1.27. The lowest BCUT2D eigenvalue weighted by Crippen LogP contribution is -2.40. The molecule has 38 heavy (non-hydrogen) atoms. The normalized spacial score (nSPS) is 34.9. The van der Waals surface area contributed by atoms with Gasteiger partial charge in [-0.25, -0.2) is 14.2 Å². The molecule has 0 aliphatic carbocycles. The number of aliphatic hydroxyl groups excluding tert-OH is 2. The number of hydrogen-bond donors (Lipinski definition) is 4. The fourth-order valence-corrected chi connectivity index (χ4v) is 6.21. The van der Waals surface area contributed by atoms with Gasteiger partial charge in [0.2, 0.25) is 0 Å². The molecular weight excluding hydrogens is 531 g/mol. The molecule has 3 aliphatic rings. The molecule has 0 aromatic carbocycles. The average Bonchev–Trinajstić information content (AvgIpc) is 3.41. The Kier molecular flexibility index (Phi) is 7.17. The summed E-state index contributed by atoms with van der Waals surface area (Å²) in [5.41, 5.74) is -1.98. The lowest BCUT2D eigenvalue weighted by Gasteiger charge is -2.33. The topological polar surface area (TPSA) is 213 Å². The van der Waals surface area contributed by atoms with Crippen LogP contribution in [0.3, 0.4) is 0 Å². The van der Waals surface area contributed by atoms with Gasteiger partial charge in [-0.05, 0) is 13.8 Å². The minimum atomic E-state index is -4.22. The number of aliphatic hydroxyl groups is 2. The van der Waals surface area contributed by atoms with E-state index >= 15 is 0 Å². The molecule has 3 saturated heterocycles. The molecular formula is C21H27N4O12P. The number of aromatic amines is 2. The molecule has 3 aliphatic heterocycles. The second kappa shape index (κ2) is 10.1. The minimum absolute atomic E-state index is 0.00553. The summed E-state index contributed by atoms with van der Waals surface area (Å²) < 4.78 is 43.5. The maximum atomic E-state index is 13.2. The summed E-state index contributed by atoms with van der Waals surface area (Å²) in [6.45, 7) is 1.86. The first-order valence-electron chi connectivity index (χ1n) is 11.8. The van der Waals surface area contributed by atoms with Crippen LogP contribution in [0.5, 0.6) is 0 Å². The third kappa shape index (κ3) is 4.89.